The van der Waals surface area contributed by atoms with Gasteiger partial charge in [0.15, 0.2) is 0 Å². The number of carbonyl (C=O) groups excluding carboxylic acids is 2. The highest BCUT2D eigenvalue weighted by Crippen LogP contribution is 2.11. The molecule has 0 saturated carbocycles. The number of nitrogens with one attached hydrogen (secondary N) is 2. The van der Waals surface area contributed by atoms with E-state index in [1.807, 2.05) is 37.3 Å². The molecule has 0 spiro atoms. The van der Waals surface area contributed by atoms with Crippen molar-refractivity contribution in [2.75, 3.05) is 6.54 Å². The Labute approximate surface area is 108 Å². The molecule has 18 heavy (non-hydrogen) atoms. The van der Waals surface area contributed by atoms with Crippen molar-refractivity contribution < 1.29 is 9.59 Å². The van der Waals surface area contributed by atoms with Crippen LogP contribution >= 0.6 is 0 Å². The smallest absolute Gasteiger partial charge is 0.220 e. The first-order chi connectivity index (χ1) is 8.67. The molecule has 4 nitrogen and oxygen atoms in total. The summed E-state index contributed by atoms with van der Waals surface area (Å²) in [6.07, 6.45) is 0.883. The third-order valence-electron chi connectivity index (χ3n) is 2.68. The van der Waals surface area contributed by atoms with Crippen molar-refractivity contribution in [1.29, 1.82) is 0 Å². The van der Waals surface area contributed by atoms with Gasteiger partial charge in [0.05, 0.1) is 6.04 Å². The molecule has 0 aliphatic heterocycles. The van der Waals surface area contributed by atoms with Crippen LogP contribution in [0.1, 0.15) is 38.3 Å². The van der Waals surface area contributed by atoms with Crippen LogP contribution in [0.15, 0.2) is 30.3 Å². The van der Waals surface area contributed by atoms with E-state index in [0.717, 1.165) is 5.56 Å². The molecule has 4 heteroatoms. The van der Waals surface area contributed by atoms with Gasteiger partial charge in [-0.3, -0.25) is 9.59 Å². The predicted molar refractivity (Wildman–Crippen MR) is 70.9 cm³/mol. The van der Waals surface area contributed by atoms with Crippen LogP contribution in [0.2, 0.25) is 0 Å². The quantitative estimate of drug-likeness (QED) is 0.806. The zero-order valence-corrected chi connectivity index (χ0v) is 10.9. The fraction of sp³-hybridized carbons (Fsp3) is 0.429. The van der Waals surface area contributed by atoms with E-state index in [1.165, 1.54) is 0 Å². The number of amides is 2. The van der Waals surface area contributed by atoms with Gasteiger partial charge in [0.1, 0.15) is 0 Å². The number of hydrogen-bond acceptors (Lipinski definition) is 2. The van der Waals surface area contributed by atoms with Gasteiger partial charge in [0.25, 0.3) is 0 Å². The van der Waals surface area contributed by atoms with E-state index in [9.17, 15) is 9.59 Å². The third kappa shape index (κ3) is 4.57. The lowest BCUT2D eigenvalue weighted by atomic mass is 10.1. The van der Waals surface area contributed by atoms with E-state index in [2.05, 4.69) is 10.6 Å². The van der Waals surface area contributed by atoms with Gasteiger partial charge in [0, 0.05) is 19.4 Å². The van der Waals surface area contributed by atoms with Gasteiger partial charge in [-0.25, -0.2) is 0 Å². The second-order valence-electron chi connectivity index (χ2n) is 4.04. The summed E-state index contributed by atoms with van der Waals surface area (Å²) in [5.41, 5.74) is 0.996. The Morgan fingerprint density at radius 1 is 1.06 bits per heavy atom. The molecular weight excluding hydrogens is 228 g/mol. The SMILES string of the molecule is CCC(=O)NC[C@H](NC(=O)CC)c1ccccc1. The summed E-state index contributed by atoms with van der Waals surface area (Å²) < 4.78 is 0. The fourth-order valence-corrected chi connectivity index (χ4v) is 1.57. The molecule has 0 fully saturated rings. The first kappa shape index (κ1) is 14.2. The van der Waals surface area contributed by atoms with Crippen LogP contribution < -0.4 is 10.6 Å². The van der Waals surface area contributed by atoms with Crippen molar-refractivity contribution in [1.82, 2.24) is 10.6 Å². The maximum Gasteiger partial charge on any atom is 0.220 e. The summed E-state index contributed by atoms with van der Waals surface area (Å²) in [7, 11) is 0. The predicted octanol–water partition coefficient (Wildman–Crippen LogP) is 1.78. The summed E-state index contributed by atoms with van der Waals surface area (Å²) in [5.74, 6) is -0.0312. The van der Waals surface area contributed by atoms with Crippen LogP contribution in [0, 0.1) is 0 Å². The molecule has 1 atom stereocenters. The van der Waals surface area contributed by atoms with Gasteiger partial charge < -0.3 is 10.6 Å². The van der Waals surface area contributed by atoms with Crippen LogP contribution in [0.3, 0.4) is 0 Å². The molecule has 1 rings (SSSR count). The number of carbonyl (C=O) groups is 2. The van der Waals surface area contributed by atoms with Gasteiger partial charge in [-0.2, -0.15) is 0 Å². The van der Waals surface area contributed by atoms with Gasteiger partial charge in [0.2, 0.25) is 11.8 Å². The zero-order valence-electron chi connectivity index (χ0n) is 10.9. The van der Waals surface area contributed by atoms with E-state index in [0.29, 0.717) is 19.4 Å². The Morgan fingerprint density at radius 2 is 1.67 bits per heavy atom. The molecule has 0 saturated heterocycles. The van der Waals surface area contributed by atoms with Crippen molar-refractivity contribution in [3.63, 3.8) is 0 Å². The van der Waals surface area contributed by atoms with E-state index < -0.39 is 0 Å². The Bertz CT molecular complexity index is 390. The summed E-state index contributed by atoms with van der Waals surface area (Å²) in [5, 5.41) is 5.72. The second kappa shape index (κ2) is 7.48. The molecule has 0 radical (unpaired) electrons. The van der Waals surface area contributed by atoms with Gasteiger partial charge in [-0.15, -0.1) is 0 Å². The fourth-order valence-electron chi connectivity index (χ4n) is 1.57. The first-order valence-electron chi connectivity index (χ1n) is 6.28. The van der Waals surface area contributed by atoms with Gasteiger partial charge >= 0.3 is 0 Å². The second-order valence-corrected chi connectivity index (χ2v) is 4.04. The summed E-state index contributed by atoms with van der Waals surface area (Å²) in [6.45, 7) is 4.03. The Kier molecular flexibility index (Phi) is 5.91. The normalized spacial score (nSPS) is 11.7. The Hall–Kier alpha value is -1.84. The minimum absolute atomic E-state index is 0.0123. The maximum atomic E-state index is 11.5. The van der Waals surface area contributed by atoms with E-state index in [-0.39, 0.29) is 17.9 Å². The van der Waals surface area contributed by atoms with Crippen LogP contribution in [0.5, 0.6) is 0 Å². The molecule has 0 aromatic heterocycles. The van der Waals surface area contributed by atoms with E-state index in [4.69, 9.17) is 0 Å². The molecule has 1 aromatic carbocycles. The molecule has 0 unspecified atom stereocenters. The lowest BCUT2D eigenvalue weighted by molar-refractivity contribution is -0.123. The minimum Gasteiger partial charge on any atom is -0.354 e. The molecule has 2 amide bonds. The molecule has 0 bridgehead atoms. The molecule has 2 N–H and O–H groups in total. The monoisotopic (exact) mass is 248 g/mol. The number of rotatable bonds is 6. The molecule has 0 heterocycles. The average molecular weight is 248 g/mol. The maximum absolute atomic E-state index is 11.5. The molecular formula is C14H20N2O2. The van der Waals surface area contributed by atoms with Crippen LogP contribution in [0.25, 0.3) is 0 Å². The van der Waals surface area contributed by atoms with E-state index >= 15 is 0 Å². The van der Waals surface area contributed by atoms with Crippen molar-refractivity contribution in [3.05, 3.63) is 35.9 Å². The number of benzene rings is 1. The van der Waals surface area contributed by atoms with Crippen molar-refractivity contribution in [2.45, 2.75) is 32.7 Å². The summed E-state index contributed by atoms with van der Waals surface area (Å²) in [4.78, 5) is 22.8. The van der Waals surface area contributed by atoms with Gasteiger partial charge in [-0.1, -0.05) is 44.2 Å². The molecule has 0 aliphatic rings. The number of hydrogen-bond donors (Lipinski definition) is 2. The van der Waals surface area contributed by atoms with Crippen LogP contribution in [-0.4, -0.2) is 18.4 Å². The third-order valence-corrected chi connectivity index (χ3v) is 2.68. The highest BCUT2D eigenvalue weighted by Gasteiger charge is 2.14. The summed E-state index contributed by atoms with van der Waals surface area (Å²) >= 11 is 0. The van der Waals surface area contributed by atoms with Crippen molar-refractivity contribution in [3.8, 4) is 0 Å². The first-order valence-corrected chi connectivity index (χ1v) is 6.28. The van der Waals surface area contributed by atoms with Crippen LogP contribution in [-0.2, 0) is 9.59 Å². The van der Waals surface area contributed by atoms with Gasteiger partial charge in [-0.05, 0) is 5.56 Å². The van der Waals surface area contributed by atoms with Crippen LogP contribution in [0.4, 0.5) is 0 Å². The average Bonchev–Trinajstić information content (AvgIpc) is 2.43. The highest BCUT2D eigenvalue weighted by atomic mass is 16.2. The standard InChI is InChI=1S/C14H20N2O2/c1-3-13(17)15-10-12(16-14(18)4-2)11-8-6-5-7-9-11/h5-9,12H,3-4,10H2,1-2H3,(H,15,17)(H,16,18)/t12-/m0/s1. The molecule has 1 aromatic rings. The van der Waals surface area contributed by atoms with Crippen molar-refractivity contribution >= 4 is 11.8 Å². The summed E-state index contributed by atoms with van der Waals surface area (Å²) in [6, 6.07) is 9.48. The largest absolute Gasteiger partial charge is 0.354 e. The lowest BCUT2D eigenvalue weighted by Crippen LogP contribution is -2.37. The lowest BCUT2D eigenvalue weighted by Gasteiger charge is -2.19. The molecule has 0 aliphatic carbocycles. The van der Waals surface area contributed by atoms with Crippen molar-refractivity contribution in [2.24, 2.45) is 0 Å². The van der Waals surface area contributed by atoms with E-state index in [1.54, 1.807) is 6.92 Å². The topological polar surface area (TPSA) is 58.2 Å². The Balaban J connectivity index is 2.69. The Morgan fingerprint density at radius 3 is 2.22 bits per heavy atom. The minimum atomic E-state index is -0.172. The molecule has 98 valence electrons. The highest BCUT2D eigenvalue weighted by molar-refractivity contribution is 5.77. The zero-order chi connectivity index (χ0) is 13.4.